The molecule has 0 saturated carbocycles. The highest BCUT2D eigenvalue weighted by Crippen LogP contribution is 2.45. The first-order chi connectivity index (χ1) is 15.3. The van der Waals surface area contributed by atoms with E-state index in [0.717, 1.165) is 0 Å². The predicted molar refractivity (Wildman–Crippen MR) is 117 cm³/mol. The van der Waals surface area contributed by atoms with Gasteiger partial charge in [0.15, 0.2) is 11.6 Å². The highest BCUT2D eigenvalue weighted by molar-refractivity contribution is 6.12. The van der Waals surface area contributed by atoms with E-state index in [1.165, 1.54) is 24.3 Å². The highest BCUT2D eigenvalue weighted by atomic mass is 19.4. The number of allylic oxidation sites excluding steroid dienone is 1. The van der Waals surface area contributed by atoms with Crippen molar-refractivity contribution in [2.75, 3.05) is 5.32 Å². The number of halogens is 3. The van der Waals surface area contributed by atoms with Gasteiger partial charge in [-0.1, -0.05) is 78.9 Å². The Balaban J connectivity index is 1.76. The average Bonchev–Trinajstić information content (AvgIpc) is 3.09. The van der Waals surface area contributed by atoms with Crippen molar-refractivity contribution in [2.24, 2.45) is 0 Å². The summed E-state index contributed by atoms with van der Waals surface area (Å²) in [5, 5.41) is 3.07. The molecule has 3 aromatic rings. The summed E-state index contributed by atoms with van der Waals surface area (Å²) in [5.41, 5.74) is -0.433. The first-order valence-corrected chi connectivity index (χ1v) is 10.1. The lowest BCUT2D eigenvalue weighted by Gasteiger charge is -2.36. The average molecular weight is 435 g/mol. The fourth-order valence-electron chi connectivity index (χ4n) is 4.21. The molecule has 1 aliphatic carbocycles. The molecule has 0 heterocycles. The molecule has 0 bridgehead atoms. The van der Waals surface area contributed by atoms with E-state index in [1.54, 1.807) is 72.8 Å². The second kappa shape index (κ2) is 8.46. The van der Waals surface area contributed by atoms with Crippen molar-refractivity contribution >= 4 is 17.3 Å². The minimum Gasteiger partial charge on any atom is -0.377 e. The van der Waals surface area contributed by atoms with Crippen LogP contribution in [0.4, 0.5) is 18.9 Å². The highest BCUT2D eigenvalue weighted by Gasteiger charge is 2.54. The van der Waals surface area contributed by atoms with Crippen LogP contribution in [0.3, 0.4) is 0 Å². The Hall–Kier alpha value is -3.67. The molecule has 0 aliphatic heterocycles. The molecule has 32 heavy (non-hydrogen) atoms. The maximum absolute atomic E-state index is 13.7. The minimum atomic E-state index is -4.57. The van der Waals surface area contributed by atoms with Crippen molar-refractivity contribution in [1.29, 1.82) is 0 Å². The van der Waals surface area contributed by atoms with Crippen molar-refractivity contribution in [1.82, 2.24) is 0 Å². The van der Waals surface area contributed by atoms with Gasteiger partial charge in [-0.25, -0.2) is 0 Å². The third-order valence-corrected chi connectivity index (χ3v) is 5.70. The van der Waals surface area contributed by atoms with Crippen LogP contribution in [0, 0.1) is 0 Å². The van der Waals surface area contributed by atoms with Gasteiger partial charge in [0, 0.05) is 16.8 Å². The van der Waals surface area contributed by atoms with Crippen molar-refractivity contribution < 1.29 is 22.8 Å². The van der Waals surface area contributed by atoms with Crippen LogP contribution in [0.2, 0.25) is 0 Å². The van der Waals surface area contributed by atoms with Gasteiger partial charge in [0.25, 0.3) is 0 Å². The molecule has 0 spiro atoms. The number of alkyl halides is 3. The minimum absolute atomic E-state index is 0.261. The lowest BCUT2D eigenvalue weighted by Crippen LogP contribution is -2.48. The van der Waals surface area contributed by atoms with Crippen LogP contribution in [-0.2, 0) is 10.2 Å². The van der Waals surface area contributed by atoms with E-state index in [4.69, 9.17) is 0 Å². The number of carbonyl (C=O) groups is 2. The number of carbonyl (C=O) groups excluding carboxylic acids is 2. The molecule has 162 valence electrons. The third kappa shape index (κ3) is 4.08. The molecule has 0 unspecified atom stereocenters. The van der Waals surface area contributed by atoms with E-state index in [1.807, 2.05) is 0 Å². The van der Waals surface area contributed by atoms with E-state index in [-0.39, 0.29) is 11.3 Å². The summed E-state index contributed by atoms with van der Waals surface area (Å²) in [4.78, 5) is 26.0. The molecular weight excluding hydrogens is 415 g/mol. The van der Waals surface area contributed by atoms with Crippen LogP contribution in [0.15, 0.2) is 97.1 Å². The zero-order valence-electron chi connectivity index (χ0n) is 17.0. The van der Waals surface area contributed by atoms with Crippen molar-refractivity contribution in [3.63, 3.8) is 0 Å². The Morgan fingerprint density at radius 2 is 1.47 bits per heavy atom. The predicted octanol–water partition coefficient (Wildman–Crippen LogP) is 5.73. The van der Waals surface area contributed by atoms with Crippen LogP contribution in [0.25, 0.3) is 0 Å². The van der Waals surface area contributed by atoms with E-state index in [0.29, 0.717) is 16.8 Å². The van der Waals surface area contributed by atoms with Crippen LogP contribution in [0.5, 0.6) is 0 Å². The molecule has 0 radical (unpaired) electrons. The number of rotatable bonds is 6. The molecule has 0 fully saturated rings. The standard InChI is InChI=1S/C26H20F3NO2/c27-26(28,29)17-25(19-11-5-2-6-12-19)22(15-16-23(25)31)30-21-14-8-7-13-20(21)24(32)18-9-3-1-4-10-18/h1-16,22,30H,17H2/t22-,25-/m1/s1. The molecule has 0 saturated heterocycles. The van der Waals surface area contributed by atoms with Gasteiger partial charge in [-0.2, -0.15) is 13.2 Å². The summed E-state index contributed by atoms with van der Waals surface area (Å²) in [6, 6.07) is 22.3. The number of ketones is 2. The topological polar surface area (TPSA) is 46.2 Å². The van der Waals surface area contributed by atoms with Gasteiger partial charge in [0.2, 0.25) is 0 Å². The van der Waals surface area contributed by atoms with E-state index in [2.05, 4.69) is 5.32 Å². The lowest BCUT2D eigenvalue weighted by molar-refractivity contribution is -0.155. The number of anilines is 1. The Morgan fingerprint density at radius 1 is 0.875 bits per heavy atom. The molecule has 0 aromatic heterocycles. The Morgan fingerprint density at radius 3 is 2.12 bits per heavy atom. The molecular formula is C26H20F3NO2. The second-order valence-corrected chi connectivity index (χ2v) is 7.72. The number of hydrogen-bond acceptors (Lipinski definition) is 3. The maximum atomic E-state index is 13.7. The molecule has 1 aliphatic rings. The molecule has 3 aromatic carbocycles. The first-order valence-electron chi connectivity index (χ1n) is 10.1. The van der Waals surface area contributed by atoms with E-state index < -0.39 is 29.8 Å². The molecule has 3 nitrogen and oxygen atoms in total. The molecule has 0 amide bonds. The first kappa shape index (κ1) is 21.6. The van der Waals surface area contributed by atoms with E-state index in [9.17, 15) is 22.8 Å². The summed E-state index contributed by atoms with van der Waals surface area (Å²) >= 11 is 0. The largest absolute Gasteiger partial charge is 0.390 e. The fourth-order valence-corrected chi connectivity index (χ4v) is 4.21. The van der Waals surface area contributed by atoms with Crippen LogP contribution in [-0.4, -0.2) is 23.8 Å². The monoisotopic (exact) mass is 435 g/mol. The van der Waals surface area contributed by atoms with Crippen LogP contribution >= 0.6 is 0 Å². The summed E-state index contributed by atoms with van der Waals surface area (Å²) in [5.74, 6) is -0.881. The number of hydrogen-bond donors (Lipinski definition) is 1. The zero-order chi connectivity index (χ0) is 22.8. The van der Waals surface area contributed by atoms with Gasteiger partial charge in [-0.15, -0.1) is 0 Å². The molecule has 6 heteroatoms. The zero-order valence-corrected chi connectivity index (χ0v) is 17.0. The Bertz CT molecular complexity index is 1160. The van der Waals surface area contributed by atoms with Gasteiger partial charge < -0.3 is 5.32 Å². The van der Waals surface area contributed by atoms with Gasteiger partial charge in [-0.3, -0.25) is 9.59 Å². The Labute approximate surface area is 183 Å². The summed E-state index contributed by atoms with van der Waals surface area (Å²) < 4.78 is 41.1. The smallest absolute Gasteiger partial charge is 0.377 e. The Kier molecular flexibility index (Phi) is 5.70. The summed E-state index contributed by atoms with van der Waals surface area (Å²) in [6.45, 7) is 0. The maximum Gasteiger partial charge on any atom is 0.390 e. The van der Waals surface area contributed by atoms with Gasteiger partial charge in [0.05, 0.1) is 17.9 Å². The normalized spacial score (nSPS) is 20.3. The van der Waals surface area contributed by atoms with Gasteiger partial charge in [-0.05, 0) is 23.8 Å². The molecule has 1 N–H and O–H groups in total. The number of benzene rings is 3. The van der Waals surface area contributed by atoms with Crippen LogP contribution in [0.1, 0.15) is 27.9 Å². The van der Waals surface area contributed by atoms with Gasteiger partial charge in [0.1, 0.15) is 0 Å². The molecule has 2 atom stereocenters. The number of para-hydroxylation sites is 1. The quantitative estimate of drug-likeness (QED) is 0.503. The van der Waals surface area contributed by atoms with Crippen molar-refractivity contribution in [3.05, 3.63) is 114 Å². The van der Waals surface area contributed by atoms with Crippen LogP contribution < -0.4 is 5.32 Å². The third-order valence-electron chi connectivity index (χ3n) is 5.70. The van der Waals surface area contributed by atoms with Crippen molar-refractivity contribution in [3.8, 4) is 0 Å². The summed E-state index contributed by atoms with van der Waals surface area (Å²) in [7, 11) is 0. The van der Waals surface area contributed by atoms with Crippen molar-refractivity contribution in [2.45, 2.75) is 24.1 Å². The van der Waals surface area contributed by atoms with E-state index >= 15 is 0 Å². The second-order valence-electron chi connectivity index (χ2n) is 7.72. The fraction of sp³-hybridized carbons (Fsp3) is 0.154. The SMILES string of the molecule is O=C(c1ccccc1)c1ccccc1N[C@@H]1C=CC(=O)[C@]1(CC(F)(F)F)c1ccccc1. The van der Waals surface area contributed by atoms with Gasteiger partial charge >= 0.3 is 6.18 Å². The molecule has 4 rings (SSSR count). The number of nitrogens with one attached hydrogen (secondary N) is 1. The lowest BCUT2D eigenvalue weighted by atomic mass is 9.71. The summed E-state index contributed by atoms with van der Waals surface area (Å²) in [6.07, 6.45) is -3.25.